The van der Waals surface area contributed by atoms with Crippen molar-refractivity contribution in [2.45, 2.75) is 18.9 Å². The van der Waals surface area contributed by atoms with Gasteiger partial charge in [0.05, 0.1) is 0 Å². The fourth-order valence-corrected chi connectivity index (χ4v) is 1.89. The fourth-order valence-electron chi connectivity index (χ4n) is 1.69. The van der Waals surface area contributed by atoms with Crippen LogP contribution < -0.4 is 5.32 Å². The summed E-state index contributed by atoms with van der Waals surface area (Å²) < 4.78 is 0. The molecule has 1 aliphatic rings. The summed E-state index contributed by atoms with van der Waals surface area (Å²) in [7, 11) is 0. The van der Waals surface area contributed by atoms with Gasteiger partial charge in [0.25, 0.3) is 0 Å². The van der Waals surface area contributed by atoms with Gasteiger partial charge >= 0.3 is 0 Å². The largest absolute Gasteiger partial charge is 0.310 e. The molecule has 0 radical (unpaired) electrons. The summed E-state index contributed by atoms with van der Waals surface area (Å²) in [5.41, 5.74) is 1.32. The maximum absolute atomic E-state index is 5.90. The normalized spacial score (nSPS) is 22.9. The molecule has 0 aliphatic carbocycles. The number of rotatable bonds is 1. The second kappa shape index (κ2) is 3.46. The number of halogens is 1. The molecule has 0 saturated carbocycles. The van der Waals surface area contributed by atoms with Crippen LogP contribution in [0, 0.1) is 0 Å². The molecule has 0 spiro atoms. The lowest BCUT2D eigenvalue weighted by molar-refractivity contribution is 0.648. The monoisotopic (exact) mass is 181 g/mol. The molecule has 1 atom stereocenters. The van der Waals surface area contributed by atoms with Crippen molar-refractivity contribution in [1.82, 2.24) is 5.32 Å². The van der Waals surface area contributed by atoms with Crippen molar-refractivity contribution in [2.75, 3.05) is 6.54 Å². The summed E-state index contributed by atoms with van der Waals surface area (Å²) in [5, 5.41) is 4.28. The van der Waals surface area contributed by atoms with Crippen molar-refractivity contribution in [2.24, 2.45) is 0 Å². The van der Waals surface area contributed by atoms with E-state index < -0.39 is 0 Å². The van der Waals surface area contributed by atoms with E-state index in [0.29, 0.717) is 6.04 Å². The Labute approximate surface area is 77.7 Å². The Morgan fingerprint density at radius 2 is 2.33 bits per heavy atom. The molecule has 1 aromatic carbocycles. The van der Waals surface area contributed by atoms with Crippen LogP contribution in [0.3, 0.4) is 0 Å². The highest BCUT2D eigenvalue weighted by atomic mass is 35.5. The van der Waals surface area contributed by atoms with Crippen LogP contribution >= 0.6 is 11.6 Å². The Hall–Kier alpha value is -0.530. The Morgan fingerprint density at radius 3 is 3.00 bits per heavy atom. The van der Waals surface area contributed by atoms with Crippen molar-refractivity contribution in [3.05, 3.63) is 34.9 Å². The highest BCUT2D eigenvalue weighted by Gasteiger charge is 2.15. The van der Waals surface area contributed by atoms with Crippen LogP contribution in [-0.2, 0) is 0 Å². The maximum atomic E-state index is 5.90. The molecule has 64 valence electrons. The third kappa shape index (κ3) is 1.62. The number of hydrogen-bond donors (Lipinski definition) is 1. The van der Waals surface area contributed by atoms with Crippen LogP contribution in [0.25, 0.3) is 0 Å². The quantitative estimate of drug-likeness (QED) is 0.703. The summed E-state index contributed by atoms with van der Waals surface area (Å²) in [5.74, 6) is 0. The summed E-state index contributed by atoms with van der Waals surface area (Å²) in [4.78, 5) is 0. The van der Waals surface area contributed by atoms with Gasteiger partial charge in [-0.1, -0.05) is 23.7 Å². The van der Waals surface area contributed by atoms with Crippen molar-refractivity contribution in [1.29, 1.82) is 0 Å². The summed E-state index contributed by atoms with van der Waals surface area (Å²) in [6.45, 7) is 1.14. The van der Waals surface area contributed by atoms with Crippen molar-refractivity contribution >= 4 is 11.6 Å². The first kappa shape index (κ1) is 8.09. The molecule has 12 heavy (non-hydrogen) atoms. The van der Waals surface area contributed by atoms with Crippen molar-refractivity contribution < 1.29 is 0 Å². The molecule has 2 rings (SSSR count). The highest BCUT2D eigenvalue weighted by molar-refractivity contribution is 6.30. The van der Waals surface area contributed by atoms with E-state index in [-0.39, 0.29) is 0 Å². The lowest BCUT2D eigenvalue weighted by Gasteiger charge is -2.09. The molecular weight excluding hydrogens is 170 g/mol. The fraction of sp³-hybridized carbons (Fsp3) is 0.400. The molecule has 1 aromatic rings. The predicted octanol–water partition coefficient (Wildman–Crippen LogP) is 2.76. The summed E-state index contributed by atoms with van der Waals surface area (Å²) in [6.07, 6.45) is 2.51. The van der Waals surface area contributed by atoms with Gasteiger partial charge in [0.15, 0.2) is 0 Å². The molecule has 1 saturated heterocycles. The van der Waals surface area contributed by atoms with E-state index in [1.807, 2.05) is 18.2 Å². The lowest BCUT2D eigenvalue weighted by Crippen LogP contribution is -2.12. The Kier molecular flexibility index (Phi) is 2.33. The Bertz CT molecular complexity index is 266. The Balaban J connectivity index is 2.21. The van der Waals surface area contributed by atoms with E-state index in [1.165, 1.54) is 18.4 Å². The smallest absolute Gasteiger partial charge is 0.0409 e. The predicted molar refractivity (Wildman–Crippen MR) is 51.4 cm³/mol. The molecule has 1 N–H and O–H groups in total. The second-order valence-electron chi connectivity index (χ2n) is 3.20. The first-order valence-electron chi connectivity index (χ1n) is 4.35. The summed E-state index contributed by atoms with van der Waals surface area (Å²) in [6, 6.07) is 8.64. The minimum atomic E-state index is 0.531. The minimum absolute atomic E-state index is 0.531. The summed E-state index contributed by atoms with van der Waals surface area (Å²) >= 11 is 5.90. The third-order valence-corrected chi connectivity index (χ3v) is 2.55. The van der Waals surface area contributed by atoms with Gasteiger partial charge in [0.2, 0.25) is 0 Å². The van der Waals surface area contributed by atoms with Crippen LogP contribution in [-0.4, -0.2) is 6.54 Å². The van der Waals surface area contributed by atoms with E-state index in [9.17, 15) is 0 Å². The molecule has 1 nitrogen and oxygen atoms in total. The van der Waals surface area contributed by atoms with Gasteiger partial charge in [0, 0.05) is 11.1 Å². The van der Waals surface area contributed by atoms with Crippen LogP contribution in [0.15, 0.2) is 24.3 Å². The van der Waals surface area contributed by atoms with Crippen LogP contribution in [0.4, 0.5) is 0 Å². The third-order valence-electron chi connectivity index (χ3n) is 2.31. The molecule has 0 bridgehead atoms. The van der Waals surface area contributed by atoms with Gasteiger partial charge in [-0.25, -0.2) is 0 Å². The average Bonchev–Trinajstić information content (AvgIpc) is 2.56. The molecule has 0 amide bonds. The number of hydrogen-bond acceptors (Lipinski definition) is 1. The first-order valence-corrected chi connectivity index (χ1v) is 4.73. The highest BCUT2D eigenvalue weighted by Crippen LogP contribution is 2.24. The topological polar surface area (TPSA) is 12.0 Å². The van der Waals surface area contributed by atoms with E-state index in [2.05, 4.69) is 11.4 Å². The SMILES string of the molecule is Clc1cccc([C@@H]2CCCN2)c1. The minimum Gasteiger partial charge on any atom is -0.310 e. The second-order valence-corrected chi connectivity index (χ2v) is 3.64. The van der Waals surface area contributed by atoms with Gasteiger partial charge < -0.3 is 5.32 Å². The van der Waals surface area contributed by atoms with E-state index in [4.69, 9.17) is 11.6 Å². The van der Waals surface area contributed by atoms with Gasteiger partial charge in [-0.2, -0.15) is 0 Å². The number of benzene rings is 1. The van der Waals surface area contributed by atoms with E-state index in [0.717, 1.165) is 11.6 Å². The molecular formula is C10H12ClN. The molecule has 0 unspecified atom stereocenters. The van der Waals surface area contributed by atoms with E-state index in [1.54, 1.807) is 0 Å². The standard InChI is InChI=1S/C10H12ClN/c11-9-4-1-3-8(7-9)10-5-2-6-12-10/h1,3-4,7,10,12H,2,5-6H2/t10-/m0/s1. The average molecular weight is 182 g/mol. The van der Waals surface area contributed by atoms with Gasteiger partial charge in [0.1, 0.15) is 0 Å². The molecule has 2 heteroatoms. The molecule has 1 aliphatic heterocycles. The van der Waals surface area contributed by atoms with E-state index >= 15 is 0 Å². The van der Waals surface area contributed by atoms with Gasteiger partial charge in [-0.3, -0.25) is 0 Å². The van der Waals surface area contributed by atoms with Crippen LogP contribution in [0.1, 0.15) is 24.4 Å². The molecule has 1 fully saturated rings. The van der Waals surface area contributed by atoms with Crippen LogP contribution in [0.2, 0.25) is 5.02 Å². The Morgan fingerprint density at radius 1 is 1.42 bits per heavy atom. The van der Waals surface area contributed by atoms with Crippen molar-refractivity contribution in [3.63, 3.8) is 0 Å². The van der Waals surface area contributed by atoms with Gasteiger partial charge in [-0.15, -0.1) is 0 Å². The zero-order valence-electron chi connectivity index (χ0n) is 6.89. The zero-order chi connectivity index (χ0) is 8.39. The first-order chi connectivity index (χ1) is 5.86. The van der Waals surface area contributed by atoms with Crippen molar-refractivity contribution in [3.8, 4) is 0 Å². The zero-order valence-corrected chi connectivity index (χ0v) is 7.64. The molecule has 0 aromatic heterocycles. The number of nitrogens with one attached hydrogen (secondary N) is 1. The molecule has 1 heterocycles. The maximum Gasteiger partial charge on any atom is 0.0409 e. The lowest BCUT2D eigenvalue weighted by atomic mass is 10.1. The van der Waals surface area contributed by atoms with Gasteiger partial charge in [-0.05, 0) is 37.1 Å². The van der Waals surface area contributed by atoms with Crippen LogP contribution in [0.5, 0.6) is 0 Å².